The van der Waals surface area contributed by atoms with Crippen LogP contribution in [-0.4, -0.2) is 68.1 Å². The van der Waals surface area contributed by atoms with Gasteiger partial charge in [-0.15, -0.1) is 0 Å². The van der Waals surface area contributed by atoms with Gasteiger partial charge in [0, 0.05) is 44.8 Å². The van der Waals surface area contributed by atoms with Crippen LogP contribution in [0.5, 0.6) is 0 Å². The Labute approximate surface area is 183 Å². The largest absolute Gasteiger partial charge is 0.369 e. The van der Waals surface area contributed by atoms with Gasteiger partial charge in [0.25, 0.3) is 0 Å². The number of carbonyl (C=O) groups excluding carboxylic acids is 3. The fraction of sp³-hybridized carbons (Fsp3) is 0.571. The van der Waals surface area contributed by atoms with Crippen molar-refractivity contribution in [1.82, 2.24) is 9.21 Å². The van der Waals surface area contributed by atoms with Gasteiger partial charge in [0.15, 0.2) is 0 Å². The zero-order valence-electron chi connectivity index (χ0n) is 18.0. The molecule has 1 aromatic rings. The summed E-state index contributed by atoms with van der Waals surface area (Å²) in [5, 5.41) is 0. The highest BCUT2D eigenvalue weighted by atomic mass is 32.2. The maximum Gasteiger partial charge on any atom is 0.243 e. The lowest BCUT2D eigenvalue weighted by Crippen LogP contribution is -2.46. The van der Waals surface area contributed by atoms with Gasteiger partial charge in [-0.1, -0.05) is 13.8 Å². The van der Waals surface area contributed by atoms with Gasteiger partial charge in [0.05, 0.1) is 16.7 Å². The smallest absolute Gasteiger partial charge is 0.243 e. The molecule has 2 fully saturated rings. The molecule has 2 heterocycles. The van der Waals surface area contributed by atoms with Gasteiger partial charge in [-0.05, 0) is 37.1 Å². The van der Waals surface area contributed by atoms with E-state index in [1.165, 1.54) is 21.3 Å². The van der Waals surface area contributed by atoms with E-state index in [-0.39, 0.29) is 35.6 Å². The zero-order valence-corrected chi connectivity index (χ0v) is 18.8. The third-order valence-corrected chi connectivity index (χ3v) is 8.17. The maximum atomic E-state index is 12.9. The number of primary amides is 1. The minimum atomic E-state index is -3.57. The van der Waals surface area contributed by atoms with Crippen molar-refractivity contribution in [3.63, 3.8) is 0 Å². The number of anilines is 1. The number of likely N-dealkylation sites (tertiary alicyclic amines) is 1. The van der Waals surface area contributed by atoms with Crippen LogP contribution in [0.15, 0.2) is 29.2 Å². The second kappa shape index (κ2) is 9.35. The summed E-state index contributed by atoms with van der Waals surface area (Å²) in [4.78, 5) is 40.3. The normalized spacial score (nSPS) is 22.2. The van der Waals surface area contributed by atoms with Gasteiger partial charge in [-0.25, -0.2) is 8.42 Å². The lowest BCUT2D eigenvalue weighted by molar-refractivity contribution is -0.139. The van der Waals surface area contributed by atoms with Crippen LogP contribution in [0.2, 0.25) is 0 Å². The van der Waals surface area contributed by atoms with Crippen LogP contribution in [0.25, 0.3) is 0 Å². The van der Waals surface area contributed by atoms with E-state index in [1.807, 2.05) is 0 Å². The minimum Gasteiger partial charge on any atom is -0.369 e. The molecule has 0 unspecified atom stereocenters. The predicted octanol–water partition coefficient (Wildman–Crippen LogP) is 0.794. The molecule has 0 aliphatic carbocycles. The second-order valence-electron chi connectivity index (χ2n) is 8.01. The second-order valence-corrected chi connectivity index (χ2v) is 9.95. The van der Waals surface area contributed by atoms with Crippen LogP contribution in [0, 0.1) is 11.8 Å². The summed E-state index contributed by atoms with van der Waals surface area (Å²) in [5.41, 5.74) is 5.96. The van der Waals surface area contributed by atoms with Gasteiger partial charge in [-0.2, -0.15) is 4.31 Å². The molecule has 2 saturated heterocycles. The fourth-order valence-electron chi connectivity index (χ4n) is 4.30. The molecule has 31 heavy (non-hydrogen) atoms. The maximum absolute atomic E-state index is 12.9. The quantitative estimate of drug-likeness (QED) is 0.658. The van der Waals surface area contributed by atoms with Crippen LogP contribution in [0.1, 0.15) is 33.1 Å². The Bertz CT molecular complexity index is 943. The number of nitrogens with zero attached hydrogens (tertiary/aromatic N) is 3. The van der Waals surface area contributed by atoms with E-state index in [0.29, 0.717) is 44.7 Å². The van der Waals surface area contributed by atoms with Crippen LogP contribution in [0.4, 0.5) is 5.69 Å². The Morgan fingerprint density at radius 1 is 1.10 bits per heavy atom. The number of benzene rings is 1. The van der Waals surface area contributed by atoms with E-state index in [9.17, 15) is 22.8 Å². The van der Waals surface area contributed by atoms with Gasteiger partial charge in [0.2, 0.25) is 27.7 Å². The summed E-state index contributed by atoms with van der Waals surface area (Å²) >= 11 is 0. The Hall–Kier alpha value is -2.46. The molecule has 0 aromatic heterocycles. The number of hydrogen-bond donors (Lipinski definition) is 1. The number of hydrogen-bond acceptors (Lipinski definition) is 5. The fourth-order valence-corrected chi connectivity index (χ4v) is 5.76. The molecule has 0 bridgehead atoms. The Morgan fingerprint density at radius 3 is 2.32 bits per heavy atom. The highest BCUT2D eigenvalue weighted by Gasteiger charge is 2.39. The van der Waals surface area contributed by atoms with Gasteiger partial charge < -0.3 is 15.5 Å². The van der Waals surface area contributed by atoms with Crippen molar-refractivity contribution in [2.24, 2.45) is 17.6 Å². The number of piperidine rings is 1. The van der Waals surface area contributed by atoms with Crippen LogP contribution >= 0.6 is 0 Å². The molecular formula is C21H30N4O5S. The molecule has 9 nitrogen and oxygen atoms in total. The molecule has 3 rings (SSSR count). The minimum absolute atomic E-state index is 0.0933. The molecule has 2 aliphatic heterocycles. The third-order valence-electron chi connectivity index (χ3n) is 6.10. The lowest BCUT2D eigenvalue weighted by atomic mass is 9.96. The first-order valence-corrected chi connectivity index (χ1v) is 12.1. The van der Waals surface area contributed by atoms with Crippen LogP contribution < -0.4 is 10.6 Å². The summed E-state index contributed by atoms with van der Waals surface area (Å²) in [7, 11) is -3.57. The van der Waals surface area contributed by atoms with Gasteiger partial charge >= 0.3 is 0 Å². The summed E-state index contributed by atoms with van der Waals surface area (Å²) in [6.45, 7) is 5.41. The molecule has 170 valence electrons. The lowest BCUT2D eigenvalue weighted by Gasteiger charge is -2.32. The van der Waals surface area contributed by atoms with E-state index in [0.717, 1.165) is 0 Å². The molecule has 2 aliphatic rings. The topological polar surface area (TPSA) is 121 Å². The molecule has 10 heteroatoms. The number of sulfonamides is 1. The molecule has 1 aromatic carbocycles. The first-order valence-electron chi connectivity index (χ1n) is 10.7. The Kier molecular flexibility index (Phi) is 7.00. The summed E-state index contributed by atoms with van der Waals surface area (Å²) in [6, 6.07) is 6.19. The average Bonchev–Trinajstić information content (AvgIpc) is 3.15. The molecule has 2 N–H and O–H groups in total. The van der Waals surface area contributed by atoms with Crippen molar-refractivity contribution in [2.45, 2.75) is 38.0 Å². The van der Waals surface area contributed by atoms with Crippen molar-refractivity contribution in [1.29, 1.82) is 0 Å². The Morgan fingerprint density at radius 2 is 1.74 bits per heavy atom. The first-order chi connectivity index (χ1) is 14.7. The number of carbonyl (C=O) groups is 3. The zero-order chi connectivity index (χ0) is 22.8. The molecule has 3 amide bonds. The third kappa shape index (κ3) is 4.74. The monoisotopic (exact) mass is 450 g/mol. The molecule has 0 radical (unpaired) electrons. The summed E-state index contributed by atoms with van der Waals surface area (Å²) < 4.78 is 26.7. The van der Waals surface area contributed by atoms with Gasteiger partial charge in [-0.3, -0.25) is 14.4 Å². The molecular weight excluding hydrogens is 420 g/mol. The van der Waals surface area contributed by atoms with E-state index in [2.05, 4.69) is 0 Å². The van der Waals surface area contributed by atoms with E-state index < -0.39 is 21.8 Å². The highest BCUT2D eigenvalue weighted by Crippen LogP contribution is 2.29. The highest BCUT2D eigenvalue weighted by molar-refractivity contribution is 7.89. The molecule has 0 saturated carbocycles. The number of nitrogens with two attached hydrogens (primary N) is 1. The summed E-state index contributed by atoms with van der Waals surface area (Å²) in [5.74, 6) is -1.55. The summed E-state index contributed by atoms with van der Waals surface area (Å²) in [6.07, 6.45) is 1.49. The first kappa shape index (κ1) is 23.2. The standard InChI is InChI=1S/C21H30N4O5S/c1-3-24(4-2)31(29,30)18-9-7-17(8-10-18)25-14-16(12-19(25)26)21(28)23-11-5-6-15(13-23)20(22)27/h7-10,15-16H,3-6,11-14H2,1-2H3,(H2,22,27)/t15-,16-/m1/s1. The Balaban J connectivity index is 1.70. The van der Waals surface area contributed by atoms with E-state index >= 15 is 0 Å². The SMILES string of the molecule is CCN(CC)S(=O)(=O)c1ccc(N2C[C@H](C(=O)N3CCC[C@@H](C(N)=O)C3)CC2=O)cc1. The molecule has 2 atom stereocenters. The van der Waals surface area contributed by atoms with Crippen molar-refractivity contribution in [3.05, 3.63) is 24.3 Å². The van der Waals surface area contributed by atoms with E-state index in [1.54, 1.807) is 30.9 Å². The average molecular weight is 451 g/mol. The van der Waals surface area contributed by atoms with E-state index in [4.69, 9.17) is 5.73 Å². The number of amides is 3. The molecule has 0 spiro atoms. The van der Waals surface area contributed by atoms with Crippen molar-refractivity contribution >= 4 is 33.4 Å². The van der Waals surface area contributed by atoms with Crippen LogP contribution in [0.3, 0.4) is 0 Å². The van der Waals surface area contributed by atoms with Crippen molar-refractivity contribution in [2.75, 3.05) is 37.6 Å². The van der Waals surface area contributed by atoms with Gasteiger partial charge in [0.1, 0.15) is 0 Å². The predicted molar refractivity (Wildman–Crippen MR) is 116 cm³/mol. The number of rotatable bonds is 7. The van der Waals surface area contributed by atoms with Crippen LogP contribution in [-0.2, 0) is 24.4 Å². The van der Waals surface area contributed by atoms with Crippen molar-refractivity contribution < 1.29 is 22.8 Å². The van der Waals surface area contributed by atoms with Crippen molar-refractivity contribution in [3.8, 4) is 0 Å².